The molecule has 0 aliphatic rings. The third-order valence-corrected chi connectivity index (χ3v) is 6.01. The van der Waals surface area contributed by atoms with Gasteiger partial charge in [0.15, 0.2) is 0 Å². The molecule has 0 amide bonds. The standard InChI is InChI=1S/C23H27N3O4S/c1-3-4-16-29-20-9-11-21(12-10-20)31(27,28)24-15-17-30-23-14-13-22(25-26-23)19-7-5-18(2)6-8-19/h5-14,24H,3-4,15-17H2,1-2H3. The van der Waals surface area contributed by atoms with E-state index < -0.39 is 10.0 Å². The predicted molar refractivity (Wildman–Crippen MR) is 120 cm³/mol. The summed E-state index contributed by atoms with van der Waals surface area (Å²) in [5, 5.41) is 8.21. The molecule has 3 rings (SSSR count). The molecule has 0 aliphatic heterocycles. The van der Waals surface area contributed by atoms with E-state index in [1.165, 1.54) is 17.7 Å². The molecule has 1 aromatic heterocycles. The van der Waals surface area contributed by atoms with Crippen molar-refractivity contribution in [3.8, 4) is 22.9 Å². The molecular weight excluding hydrogens is 414 g/mol. The zero-order valence-corrected chi connectivity index (χ0v) is 18.6. The van der Waals surface area contributed by atoms with Crippen molar-refractivity contribution < 1.29 is 17.9 Å². The number of aromatic nitrogens is 2. The summed E-state index contributed by atoms with van der Waals surface area (Å²) in [6, 6.07) is 17.9. The lowest BCUT2D eigenvalue weighted by atomic mass is 10.1. The van der Waals surface area contributed by atoms with Crippen LogP contribution in [0, 0.1) is 6.92 Å². The Kier molecular flexibility index (Phi) is 7.97. The molecule has 31 heavy (non-hydrogen) atoms. The van der Waals surface area contributed by atoms with Crippen LogP contribution in [0.4, 0.5) is 0 Å². The molecule has 0 unspecified atom stereocenters. The summed E-state index contributed by atoms with van der Waals surface area (Å²) in [5.41, 5.74) is 2.89. The fraction of sp³-hybridized carbons (Fsp3) is 0.304. The maximum Gasteiger partial charge on any atom is 0.240 e. The van der Waals surface area contributed by atoms with Crippen LogP contribution in [0.1, 0.15) is 25.3 Å². The summed E-state index contributed by atoms with van der Waals surface area (Å²) in [4.78, 5) is 0.178. The Labute approximate surface area is 183 Å². The molecule has 0 saturated heterocycles. The number of hydrogen-bond acceptors (Lipinski definition) is 6. The molecule has 1 N–H and O–H groups in total. The highest BCUT2D eigenvalue weighted by atomic mass is 32.2. The molecule has 3 aromatic rings. The van der Waals surface area contributed by atoms with E-state index in [4.69, 9.17) is 9.47 Å². The Hall–Kier alpha value is -2.97. The molecule has 0 fully saturated rings. The van der Waals surface area contributed by atoms with Crippen LogP contribution in [0.5, 0.6) is 11.6 Å². The van der Waals surface area contributed by atoms with E-state index >= 15 is 0 Å². The van der Waals surface area contributed by atoms with Gasteiger partial charge in [0.2, 0.25) is 15.9 Å². The second kappa shape index (κ2) is 10.9. The van der Waals surface area contributed by atoms with Gasteiger partial charge in [-0.2, -0.15) is 0 Å². The normalized spacial score (nSPS) is 11.3. The maximum absolute atomic E-state index is 12.4. The largest absolute Gasteiger partial charge is 0.494 e. The second-order valence-corrected chi connectivity index (χ2v) is 8.81. The lowest BCUT2D eigenvalue weighted by Crippen LogP contribution is -2.28. The fourth-order valence-corrected chi connectivity index (χ4v) is 3.75. The molecule has 1 heterocycles. The molecule has 0 spiro atoms. The first-order valence-corrected chi connectivity index (χ1v) is 11.7. The van der Waals surface area contributed by atoms with E-state index in [2.05, 4.69) is 21.8 Å². The zero-order chi connectivity index (χ0) is 22.1. The highest BCUT2D eigenvalue weighted by molar-refractivity contribution is 7.89. The average molecular weight is 442 g/mol. The van der Waals surface area contributed by atoms with Gasteiger partial charge in [-0.3, -0.25) is 0 Å². The minimum absolute atomic E-state index is 0.110. The van der Waals surface area contributed by atoms with Crippen LogP contribution in [0.3, 0.4) is 0 Å². The van der Waals surface area contributed by atoms with Gasteiger partial charge < -0.3 is 9.47 Å². The first-order valence-electron chi connectivity index (χ1n) is 10.2. The fourth-order valence-electron chi connectivity index (χ4n) is 2.74. The first-order chi connectivity index (χ1) is 15.0. The number of nitrogens with zero attached hydrogens (tertiary/aromatic N) is 2. The van der Waals surface area contributed by atoms with Crippen molar-refractivity contribution in [3.05, 3.63) is 66.2 Å². The van der Waals surface area contributed by atoms with Gasteiger partial charge in [-0.05, 0) is 43.7 Å². The van der Waals surface area contributed by atoms with Gasteiger partial charge in [-0.15, -0.1) is 10.2 Å². The van der Waals surface area contributed by atoms with Crippen molar-refractivity contribution >= 4 is 10.0 Å². The van der Waals surface area contributed by atoms with E-state index in [1.807, 2.05) is 37.3 Å². The van der Waals surface area contributed by atoms with E-state index in [1.54, 1.807) is 18.2 Å². The highest BCUT2D eigenvalue weighted by Crippen LogP contribution is 2.18. The summed E-state index contributed by atoms with van der Waals surface area (Å²) < 4.78 is 38.4. The number of hydrogen-bond donors (Lipinski definition) is 1. The van der Waals surface area contributed by atoms with Gasteiger partial charge in [0.1, 0.15) is 12.4 Å². The molecule has 0 radical (unpaired) electrons. The Morgan fingerprint density at radius 2 is 1.61 bits per heavy atom. The predicted octanol–water partition coefficient (Wildman–Crippen LogP) is 3.99. The summed E-state index contributed by atoms with van der Waals surface area (Å²) in [5.74, 6) is 0.993. The van der Waals surface area contributed by atoms with Gasteiger partial charge >= 0.3 is 0 Å². The molecule has 0 aliphatic carbocycles. The van der Waals surface area contributed by atoms with Crippen LogP contribution in [0.15, 0.2) is 65.6 Å². The highest BCUT2D eigenvalue weighted by Gasteiger charge is 2.13. The van der Waals surface area contributed by atoms with Crippen LogP contribution < -0.4 is 14.2 Å². The molecule has 8 heteroatoms. The minimum Gasteiger partial charge on any atom is -0.494 e. The van der Waals surface area contributed by atoms with Crippen molar-refractivity contribution in [1.29, 1.82) is 0 Å². The van der Waals surface area contributed by atoms with Crippen molar-refractivity contribution in [2.24, 2.45) is 0 Å². The lowest BCUT2D eigenvalue weighted by molar-refractivity contribution is 0.307. The quantitative estimate of drug-likeness (QED) is 0.453. The Bertz CT molecular complexity index is 1050. The average Bonchev–Trinajstić information content (AvgIpc) is 2.78. The number of benzene rings is 2. The Balaban J connectivity index is 1.46. The number of unbranched alkanes of at least 4 members (excludes halogenated alkanes) is 1. The van der Waals surface area contributed by atoms with E-state index in [0.29, 0.717) is 18.2 Å². The second-order valence-electron chi connectivity index (χ2n) is 7.04. The summed E-state index contributed by atoms with van der Waals surface area (Å²) in [7, 11) is -3.62. The Morgan fingerprint density at radius 3 is 2.26 bits per heavy atom. The SMILES string of the molecule is CCCCOc1ccc(S(=O)(=O)NCCOc2ccc(-c3ccc(C)cc3)nn2)cc1. The number of rotatable bonds is 11. The molecule has 0 atom stereocenters. The topological polar surface area (TPSA) is 90.4 Å². The van der Waals surface area contributed by atoms with Crippen LogP contribution >= 0.6 is 0 Å². The molecule has 2 aromatic carbocycles. The minimum atomic E-state index is -3.62. The Morgan fingerprint density at radius 1 is 0.871 bits per heavy atom. The molecular formula is C23H27N3O4S. The van der Waals surface area contributed by atoms with Gasteiger partial charge in [0.05, 0.1) is 17.2 Å². The number of ether oxygens (including phenoxy) is 2. The number of sulfonamides is 1. The van der Waals surface area contributed by atoms with Crippen LogP contribution in [-0.2, 0) is 10.0 Å². The van der Waals surface area contributed by atoms with Crippen molar-refractivity contribution in [2.45, 2.75) is 31.6 Å². The van der Waals surface area contributed by atoms with Gasteiger partial charge in [0, 0.05) is 18.2 Å². The van der Waals surface area contributed by atoms with E-state index in [-0.39, 0.29) is 18.0 Å². The van der Waals surface area contributed by atoms with Crippen LogP contribution in [-0.4, -0.2) is 38.4 Å². The van der Waals surface area contributed by atoms with Crippen LogP contribution in [0.25, 0.3) is 11.3 Å². The summed E-state index contributed by atoms with van der Waals surface area (Å²) >= 11 is 0. The first kappa shape index (κ1) is 22.7. The van der Waals surface area contributed by atoms with E-state index in [9.17, 15) is 8.42 Å². The van der Waals surface area contributed by atoms with Crippen molar-refractivity contribution in [1.82, 2.24) is 14.9 Å². The molecule has 0 bridgehead atoms. The van der Waals surface area contributed by atoms with Gasteiger partial charge in [-0.25, -0.2) is 13.1 Å². The molecule has 164 valence electrons. The third kappa shape index (κ3) is 6.77. The monoisotopic (exact) mass is 441 g/mol. The van der Waals surface area contributed by atoms with Gasteiger partial charge in [-0.1, -0.05) is 43.2 Å². The van der Waals surface area contributed by atoms with Crippen LogP contribution in [0.2, 0.25) is 0 Å². The maximum atomic E-state index is 12.4. The zero-order valence-electron chi connectivity index (χ0n) is 17.7. The van der Waals surface area contributed by atoms with E-state index in [0.717, 1.165) is 24.1 Å². The molecule has 0 saturated carbocycles. The number of nitrogens with one attached hydrogen (secondary N) is 1. The summed E-state index contributed by atoms with van der Waals surface area (Å²) in [6.07, 6.45) is 2.00. The lowest BCUT2D eigenvalue weighted by Gasteiger charge is -2.09. The number of aryl methyl sites for hydroxylation is 1. The van der Waals surface area contributed by atoms with Gasteiger partial charge in [0.25, 0.3) is 0 Å². The van der Waals surface area contributed by atoms with Crippen molar-refractivity contribution in [3.63, 3.8) is 0 Å². The third-order valence-electron chi connectivity index (χ3n) is 4.53. The molecule has 7 nitrogen and oxygen atoms in total. The van der Waals surface area contributed by atoms with Crippen molar-refractivity contribution in [2.75, 3.05) is 19.8 Å². The summed E-state index contributed by atoms with van der Waals surface area (Å²) in [6.45, 7) is 4.97. The smallest absolute Gasteiger partial charge is 0.240 e.